The summed E-state index contributed by atoms with van der Waals surface area (Å²) in [6, 6.07) is 6.79. The van der Waals surface area contributed by atoms with Crippen molar-refractivity contribution in [3.63, 3.8) is 0 Å². The van der Waals surface area contributed by atoms with E-state index in [-0.39, 0.29) is 37.9 Å². The van der Waals surface area contributed by atoms with Crippen molar-refractivity contribution in [2.75, 3.05) is 0 Å². The van der Waals surface area contributed by atoms with Crippen LogP contribution in [0, 0.1) is 38.0 Å². The molecule has 0 fully saturated rings. The van der Waals surface area contributed by atoms with Gasteiger partial charge in [-0.15, -0.1) is 0 Å². The van der Waals surface area contributed by atoms with Crippen molar-refractivity contribution in [1.29, 1.82) is 0 Å². The Hall–Kier alpha value is -1.49. The van der Waals surface area contributed by atoms with Crippen LogP contribution in [0.25, 0.3) is 0 Å². The SMILES string of the molecule is CCC(CC(CC(CC(C)C(=O)Oc1c(I)cc(Oc2c(I)cc(CC(=O)O)cc2I)cc1I)C(=O)O)C(=O)O)C(=O)O. The number of rotatable bonds is 16. The third kappa shape index (κ3) is 11.4. The topological polar surface area (TPSA) is 185 Å². The lowest BCUT2D eigenvalue weighted by Crippen LogP contribution is -2.30. The number of ether oxygens (including phenoxy) is 2. The van der Waals surface area contributed by atoms with Crippen molar-refractivity contribution in [2.24, 2.45) is 23.7 Å². The minimum absolute atomic E-state index is 0.113. The number of halogens is 4. The Morgan fingerprint density at radius 1 is 0.698 bits per heavy atom. The van der Waals surface area contributed by atoms with Gasteiger partial charge in [-0.1, -0.05) is 13.8 Å². The van der Waals surface area contributed by atoms with Gasteiger partial charge in [0.05, 0.1) is 44.4 Å². The first kappa shape index (κ1) is 37.7. The quantitative estimate of drug-likeness (QED) is 0.0793. The maximum absolute atomic E-state index is 13.0. The number of benzene rings is 2. The summed E-state index contributed by atoms with van der Waals surface area (Å²) in [4.78, 5) is 59.2. The molecule has 4 N–H and O–H groups in total. The van der Waals surface area contributed by atoms with Crippen molar-refractivity contribution in [3.8, 4) is 17.2 Å². The minimum atomic E-state index is -1.28. The van der Waals surface area contributed by atoms with Crippen LogP contribution in [0.3, 0.4) is 0 Å². The molecular formula is C28H28I4O11. The largest absolute Gasteiger partial charge is 0.481 e. The second-order valence-electron chi connectivity index (χ2n) is 9.82. The Morgan fingerprint density at radius 3 is 1.58 bits per heavy atom. The molecule has 4 unspecified atom stereocenters. The van der Waals surface area contributed by atoms with Gasteiger partial charge >= 0.3 is 29.8 Å². The van der Waals surface area contributed by atoms with Crippen LogP contribution in [-0.4, -0.2) is 50.3 Å². The van der Waals surface area contributed by atoms with Gasteiger partial charge in [0.1, 0.15) is 5.75 Å². The molecule has 11 nitrogen and oxygen atoms in total. The summed E-state index contributed by atoms with van der Waals surface area (Å²) in [5, 5.41) is 37.7. The summed E-state index contributed by atoms with van der Waals surface area (Å²) in [6.45, 7) is 3.11. The van der Waals surface area contributed by atoms with Crippen molar-refractivity contribution in [2.45, 2.75) is 46.0 Å². The van der Waals surface area contributed by atoms with Crippen LogP contribution in [0.5, 0.6) is 17.2 Å². The van der Waals surface area contributed by atoms with Gasteiger partial charge in [-0.2, -0.15) is 0 Å². The maximum atomic E-state index is 13.0. The zero-order valence-electron chi connectivity index (χ0n) is 22.8. The van der Waals surface area contributed by atoms with E-state index in [2.05, 4.69) is 45.2 Å². The van der Waals surface area contributed by atoms with Gasteiger partial charge in [-0.05, 0) is 146 Å². The summed E-state index contributed by atoms with van der Waals surface area (Å²) < 4.78 is 14.3. The smallest absolute Gasteiger partial charge is 0.314 e. The van der Waals surface area contributed by atoms with Crippen molar-refractivity contribution in [3.05, 3.63) is 44.1 Å². The predicted molar refractivity (Wildman–Crippen MR) is 187 cm³/mol. The van der Waals surface area contributed by atoms with Crippen LogP contribution < -0.4 is 9.47 Å². The second-order valence-corrected chi connectivity index (χ2v) is 14.5. The van der Waals surface area contributed by atoms with Crippen LogP contribution >= 0.6 is 90.4 Å². The highest BCUT2D eigenvalue weighted by atomic mass is 127. The molecule has 2 aromatic carbocycles. The molecule has 43 heavy (non-hydrogen) atoms. The van der Waals surface area contributed by atoms with Crippen molar-refractivity contribution < 1.29 is 53.9 Å². The first-order chi connectivity index (χ1) is 20.0. The zero-order chi connectivity index (χ0) is 32.6. The third-order valence-corrected chi connectivity index (χ3v) is 9.73. The lowest BCUT2D eigenvalue weighted by atomic mass is 9.82. The molecule has 0 spiro atoms. The number of carbonyl (C=O) groups excluding carboxylic acids is 1. The van der Waals surface area contributed by atoms with Gasteiger partial charge in [-0.25, -0.2) is 0 Å². The highest BCUT2D eigenvalue weighted by Gasteiger charge is 2.33. The number of esters is 1. The fraction of sp³-hybridized carbons (Fsp3) is 0.393. The molecule has 0 radical (unpaired) electrons. The maximum Gasteiger partial charge on any atom is 0.314 e. The van der Waals surface area contributed by atoms with Crippen LogP contribution in [-0.2, 0) is 30.4 Å². The molecule has 15 heteroatoms. The number of aliphatic carboxylic acids is 4. The summed E-state index contributed by atoms with van der Waals surface area (Å²) >= 11 is 8.12. The normalized spacial score (nSPS) is 13.8. The second kappa shape index (κ2) is 17.3. The Balaban J connectivity index is 2.17. The zero-order valence-corrected chi connectivity index (χ0v) is 31.4. The monoisotopic (exact) mass is 1050 g/mol. The van der Waals surface area contributed by atoms with Crippen LogP contribution in [0.1, 0.15) is 45.1 Å². The number of carbonyl (C=O) groups is 5. The van der Waals surface area contributed by atoms with Crippen LogP contribution in [0.2, 0.25) is 0 Å². The molecule has 0 aromatic heterocycles. The first-order valence-corrected chi connectivity index (χ1v) is 17.1. The molecule has 0 bridgehead atoms. The summed E-state index contributed by atoms with van der Waals surface area (Å²) in [5.41, 5.74) is 0.642. The Kier molecular flexibility index (Phi) is 15.1. The summed E-state index contributed by atoms with van der Waals surface area (Å²) in [7, 11) is 0. The number of carboxylic acid groups (broad SMARTS) is 4. The Bertz CT molecular complexity index is 1350. The van der Waals surface area contributed by atoms with Crippen LogP contribution in [0.15, 0.2) is 24.3 Å². The summed E-state index contributed by atoms with van der Waals surface area (Å²) in [5.74, 6) is -8.28. The molecule has 0 saturated carbocycles. The van der Waals surface area contributed by atoms with E-state index in [9.17, 15) is 39.3 Å². The molecule has 2 aromatic rings. The van der Waals surface area contributed by atoms with Crippen molar-refractivity contribution >= 4 is 120 Å². The van der Waals surface area contributed by atoms with E-state index >= 15 is 0 Å². The average molecular weight is 1050 g/mol. The molecule has 0 aliphatic carbocycles. The van der Waals surface area contributed by atoms with Gasteiger partial charge in [0, 0.05) is 0 Å². The molecule has 234 valence electrons. The van der Waals surface area contributed by atoms with Gasteiger partial charge in [0.25, 0.3) is 0 Å². The fourth-order valence-corrected chi connectivity index (χ4v) is 8.29. The Labute approximate surface area is 302 Å². The molecular weight excluding hydrogens is 1020 g/mol. The van der Waals surface area contributed by atoms with Gasteiger partial charge < -0.3 is 29.9 Å². The van der Waals surface area contributed by atoms with E-state index in [0.717, 1.165) is 7.14 Å². The number of hydrogen-bond donors (Lipinski definition) is 4. The highest BCUT2D eigenvalue weighted by molar-refractivity contribution is 14.1. The average Bonchev–Trinajstić information content (AvgIpc) is 2.88. The van der Waals surface area contributed by atoms with Gasteiger partial charge in [0.15, 0.2) is 11.5 Å². The van der Waals surface area contributed by atoms with E-state index in [1.54, 1.807) is 31.2 Å². The molecule has 0 heterocycles. The van der Waals surface area contributed by atoms with E-state index in [4.69, 9.17) is 14.6 Å². The van der Waals surface area contributed by atoms with E-state index in [1.807, 2.05) is 45.2 Å². The third-order valence-electron chi connectivity index (χ3n) is 6.53. The molecule has 0 aliphatic rings. The summed E-state index contributed by atoms with van der Waals surface area (Å²) in [6.07, 6.45) is -0.623. The molecule has 0 saturated heterocycles. The lowest BCUT2D eigenvalue weighted by molar-refractivity contribution is -0.148. The van der Waals surface area contributed by atoms with E-state index < -0.39 is 53.5 Å². The Morgan fingerprint density at radius 2 is 1.14 bits per heavy atom. The number of hydrogen-bond acceptors (Lipinski definition) is 7. The van der Waals surface area contributed by atoms with E-state index in [1.165, 1.54) is 6.92 Å². The minimum Gasteiger partial charge on any atom is -0.481 e. The van der Waals surface area contributed by atoms with Crippen LogP contribution in [0.4, 0.5) is 0 Å². The van der Waals surface area contributed by atoms with Crippen molar-refractivity contribution in [1.82, 2.24) is 0 Å². The van der Waals surface area contributed by atoms with Gasteiger partial charge in [0.2, 0.25) is 0 Å². The fourth-order valence-electron chi connectivity index (χ4n) is 4.25. The molecule has 2 rings (SSSR count). The molecule has 4 atom stereocenters. The molecule has 0 aliphatic heterocycles. The standard InChI is InChI=1S/C28H28I4O11/c1-3-14(25(35)36)8-16(27(39)40)9-15(26(37)38)4-12(2)28(41)43-24-20(31)10-17(11-21(24)32)42-23-18(29)5-13(6-19(23)30)7-22(33)34/h5-6,10-12,14-16H,3-4,7-9H2,1-2H3,(H,33,34)(H,35,36)(H,37,38)(H,39,40). The highest BCUT2D eigenvalue weighted by Crippen LogP contribution is 2.38. The first-order valence-electron chi connectivity index (χ1n) is 12.8. The van der Waals surface area contributed by atoms with E-state index in [0.29, 0.717) is 24.2 Å². The molecule has 0 amide bonds. The lowest BCUT2D eigenvalue weighted by Gasteiger charge is -2.22. The van der Waals surface area contributed by atoms with Gasteiger partial charge in [-0.3, -0.25) is 24.0 Å². The predicted octanol–water partition coefficient (Wildman–Crippen LogP) is 6.75. The number of carboxylic acids is 4.